The first-order valence-corrected chi connectivity index (χ1v) is 9.10. The van der Waals surface area contributed by atoms with Gasteiger partial charge in [0, 0.05) is 12.0 Å². The monoisotopic (exact) mass is 406 g/mol. The molecule has 2 aromatic rings. The van der Waals surface area contributed by atoms with E-state index in [-0.39, 0.29) is 17.8 Å². The minimum absolute atomic E-state index is 0.103. The zero-order valence-corrected chi connectivity index (χ0v) is 17.0. The number of hydrogen-bond donors (Lipinski definition) is 2. The van der Waals surface area contributed by atoms with Crippen molar-refractivity contribution in [1.29, 1.82) is 0 Å². The molecule has 1 heterocycles. The molecule has 0 aliphatic heterocycles. The van der Waals surface area contributed by atoms with E-state index in [0.29, 0.717) is 5.82 Å². The SMILES string of the molecule is CCN(CC(=O)Nc1c(F)cccc1F)C(=O)c1c(C)nc(C(C)(C)C)[nH]c1=O. The van der Waals surface area contributed by atoms with Gasteiger partial charge in [-0.05, 0) is 26.0 Å². The van der Waals surface area contributed by atoms with Crippen molar-refractivity contribution in [1.82, 2.24) is 14.9 Å². The molecule has 0 atom stereocenters. The molecule has 0 spiro atoms. The number of halogens is 2. The van der Waals surface area contributed by atoms with Crippen LogP contribution in [-0.2, 0) is 10.2 Å². The van der Waals surface area contributed by atoms with Crippen molar-refractivity contribution < 1.29 is 18.4 Å². The summed E-state index contributed by atoms with van der Waals surface area (Å²) in [5.41, 5.74) is -1.55. The maximum Gasteiger partial charge on any atom is 0.264 e. The molecule has 0 aliphatic rings. The lowest BCUT2D eigenvalue weighted by molar-refractivity contribution is -0.116. The highest BCUT2D eigenvalue weighted by atomic mass is 19.1. The lowest BCUT2D eigenvalue weighted by Crippen LogP contribution is -2.41. The number of para-hydroxylation sites is 1. The molecule has 9 heteroatoms. The summed E-state index contributed by atoms with van der Waals surface area (Å²) >= 11 is 0. The van der Waals surface area contributed by atoms with E-state index in [4.69, 9.17) is 0 Å². The van der Waals surface area contributed by atoms with E-state index in [0.717, 1.165) is 17.0 Å². The summed E-state index contributed by atoms with van der Waals surface area (Å²) in [5, 5.41) is 2.12. The van der Waals surface area contributed by atoms with Crippen LogP contribution in [0.15, 0.2) is 23.0 Å². The number of aromatic nitrogens is 2. The average molecular weight is 406 g/mol. The summed E-state index contributed by atoms with van der Waals surface area (Å²) < 4.78 is 27.4. The van der Waals surface area contributed by atoms with Crippen LogP contribution in [0, 0.1) is 18.6 Å². The predicted molar refractivity (Wildman–Crippen MR) is 105 cm³/mol. The van der Waals surface area contributed by atoms with Crippen molar-refractivity contribution in [2.24, 2.45) is 0 Å². The van der Waals surface area contributed by atoms with E-state index in [1.807, 2.05) is 20.8 Å². The molecule has 2 amide bonds. The Bertz CT molecular complexity index is 976. The van der Waals surface area contributed by atoms with Crippen molar-refractivity contribution in [2.75, 3.05) is 18.4 Å². The smallest absolute Gasteiger partial charge is 0.264 e. The van der Waals surface area contributed by atoms with E-state index >= 15 is 0 Å². The summed E-state index contributed by atoms with van der Waals surface area (Å²) in [5.74, 6) is -2.91. The fraction of sp³-hybridized carbons (Fsp3) is 0.400. The summed E-state index contributed by atoms with van der Waals surface area (Å²) in [6.45, 7) is 8.40. The third kappa shape index (κ3) is 5.04. The van der Waals surface area contributed by atoms with Crippen LogP contribution in [-0.4, -0.2) is 39.8 Å². The molecule has 0 fully saturated rings. The van der Waals surface area contributed by atoms with Crippen LogP contribution in [0.5, 0.6) is 0 Å². The standard InChI is InChI=1S/C20H24F2N4O3/c1-6-26(10-14(27)24-16-12(21)8-7-9-13(16)22)18(29)15-11(2)23-19(20(3,4)5)25-17(15)28/h7-9H,6,10H2,1-5H3,(H,24,27)(H,23,25,28). The Hall–Kier alpha value is -3.10. The number of rotatable bonds is 5. The quantitative estimate of drug-likeness (QED) is 0.798. The van der Waals surface area contributed by atoms with Gasteiger partial charge in [-0.1, -0.05) is 26.8 Å². The van der Waals surface area contributed by atoms with Crippen LogP contribution in [0.3, 0.4) is 0 Å². The highest BCUT2D eigenvalue weighted by Gasteiger charge is 2.26. The fourth-order valence-corrected chi connectivity index (χ4v) is 2.65. The number of H-pyrrole nitrogens is 1. The highest BCUT2D eigenvalue weighted by Crippen LogP contribution is 2.19. The molecule has 0 radical (unpaired) electrons. The number of anilines is 1. The van der Waals surface area contributed by atoms with Crippen molar-refractivity contribution in [2.45, 2.75) is 40.0 Å². The van der Waals surface area contributed by atoms with Crippen molar-refractivity contribution in [3.05, 3.63) is 57.3 Å². The second kappa shape index (κ2) is 8.50. The Balaban J connectivity index is 2.25. The number of hydrogen-bond acceptors (Lipinski definition) is 4. The van der Waals surface area contributed by atoms with E-state index in [2.05, 4.69) is 15.3 Å². The van der Waals surface area contributed by atoms with Crippen LogP contribution in [0.4, 0.5) is 14.5 Å². The Morgan fingerprint density at radius 1 is 1.21 bits per heavy atom. The lowest BCUT2D eigenvalue weighted by atomic mass is 9.95. The van der Waals surface area contributed by atoms with Crippen LogP contribution in [0.2, 0.25) is 0 Å². The number of aryl methyl sites for hydroxylation is 1. The molecule has 0 unspecified atom stereocenters. The van der Waals surface area contributed by atoms with Gasteiger partial charge in [-0.25, -0.2) is 13.8 Å². The van der Waals surface area contributed by atoms with Gasteiger partial charge in [0.15, 0.2) is 0 Å². The number of nitrogens with zero attached hydrogens (tertiary/aromatic N) is 2. The molecule has 0 aliphatic carbocycles. The van der Waals surface area contributed by atoms with Gasteiger partial charge in [0.25, 0.3) is 11.5 Å². The van der Waals surface area contributed by atoms with Gasteiger partial charge >= 0.3 is 0 Å². The summed E-state index contributed by atoms with van der Waals surface area (Å²) in [6.07, 6.45) is 0. The molecule has 0 bridgehead atoms. The van der Waals surface area contributed by atoms with Crippen LogP contribution in [0.25, 0.3) is 0 Å². The Morgan fingerprint density at radius 3 is 2.28 bits per heavy atom. The van der Waals surface area contributed by atoms with Gasteiger partial charge in [-0.2, -0.15) is 0 Å². The maximum atomic E-state index is 13.7. The molecular formula is C20H24F2N4O3. The predicted octanol–water partition coefficient (Wildman–Crippen LogP) is 2.75. The van der Waals surface area contributed by atoms with Gasteiger partial charge in [0.2, 0.25) is 5.91 Å². The van der Waals surface area contributed by atoms with Crippen LogP contribution in [0.1, 0.15) is 49.6 Å². The number of likely N-dealkylation sites (N-methyl/N-ethyl adjacent to an activating group) is 1. The summed E-state index contributed by atoms with van der Waals surface area (Å²) in [7, 11) is 0. The lowest BCUT2D eigenvalue weighted by Gasteiger charge is -2.22. The number of aromatic amines is 1. The first kappa shape index (κ1) is 22.2. The number of amides is 2. The fourth-order valence-electron chi connectivity index (χ4n) is 2.65. The van der Waals surface area contributed by atoms with Gasteiger partial charge < -0.3 is 15.2 Å². The molecular weight excluding hydrogens is 382 g/mol. The molecule has 1 aromatic heterocycles. The highest BCUT2D eigenvalue weighted by molar-refractivity contribution is 5.99. The largest absolute Gasteiger partial charge is 0.329 e. The average Bonchev–Trinajstić information content (AvgIpc) is 2.61. The molecule has 1 aromatic carbocycles. The molecule has 0 saturated carbocycles. The minimum atomic E-state index is -0.929. The Morgan fingerprint density at radius 2 is 1.79 bits per heavy atom. The van der Waals surface area contributed by atoms with E-state index in [1.165, 1.54) is 6.07 Å². The zero-order valence-electron chi connectivity index (χ0n) is 17.0. The van der Waals surface area contributed by atoms with Crippen LogP contribution < -0.4 is 10.9 Å². The van der Waals surface area contributed by atoms with E-state index in [1.54, 1.807) is 13.8 Å². The molecule has 0 saturated heterocycles. The third-order valence-electron chi connectivity index (χ3n) is 4.26. The number of carbonyl (C=O) groups is 2. The molecule has 2 rings (SSSR count). The number of benzene rings is 1. The first-order valence-electron chi connectivity index (χ1n) is 9.10. The molecule has 7 nitrogen and oxygen atoms in total. The van der Waals surface area contributed by atoms with E-state index < -0.39 is 46.7 Å². The molecule has 29 heavy (non-hydrogen) atoms. The maximum absolute atomic E-state index is 13.7. The molecule has 2 N–H and O–H groups in total. The third-order valence-corrected chi connectivity index (χ3v) is 4.26. The van der Waals surface area contributed by atoms with Crippen LogP contribution >= 0.6 is 0 Å². The first-order chi connectivity index (χ1) is 13.5. The second-order valence-electron chi connectivity index (χ2n) is 7.59. The van der Waals surface area contributed by atoms with Crippen molar-refractivity contribution in [3.8, 4) is 0 Å². The van der Waals surface area contributed by atoms with Gasteiger partial charge in [0.05, 0.1) is 5.69 Å². The Labute approximate surface area is 167 Å². The summed E-state index contributed by atoms with van der Waals surface area (Å²) in [4.78, 5) is 45.6. The molecule has 156 valence electrons. The van der Waals surface area contributed by atoms with Crippen molar-refractivity contribution in [3.63, 3.8) is 0 Å². The Kier molecular flexibility index (Phi) is 6.51. The van der Waals surface area contributed by atoms with Gasteiger partial charge in [0.1, 0.15) is 35.3 Å². The number of carbonyl (C=O) groups excluding carboxylic acids is 2. The summed E-state index contributed by atoms with van der Waals surface area (Å²) in [6, 6.07) is 3.19. The van der Waals surface area contributed by atoms with E-state index in [9.17, 15) is 23.2 Å². The second-order valence-corrected chi connectivity index (χ2v) is 7.59. The zero-order chi connectivity index (χ0) is 21.9. The minimum Gasteiger partial charge on any atom is -0.329 e. The normalized spacial score (nSPS) is 11.3. The van der Waals surface area contributed by atoms with Gasteiger partial charge in [-0.3, -0.25) is 14.4 Å². The van der Waals surface area contributed by atoms with Gasteiger partial charge in [-0.15, -0.1) is 0 Å². The number of nitrogens with one attached hydrogen (secondary N) is 2. The topological polar surface area (TPSA) is 95.2 Å². The van der Waals surface area contributed by atoms with Crippen molar-refractivity contribution >= 4 is 17.5 Å².